The Morgan fingerprint density at radius 1 is 1.11 bits per heavy atom. The second-order valence-corrected chi connectivity index (χ2v) is 4.76. The monoisotopic (exact) mass is 262 g/mol. The van der Waals surface area contributed by atoms with Crippen LogP contribution in [0, 0.1) is 13.8 Å². The van der Waals surface area contributed by atoms with Crippen LogP contribution in [0.3, 0.4) is 0 Å². The molecular weight excluding hydrogens is 240 g/mol. The van der Waals surface area contributed by atoms with E-state index >= 15 is 0 Å². The summed E-state index contributed by atoms with van der Waals surface area (Å²) < 4.78 is 5.04. The van der Waals surface area contributed by atoms with Crippen LogP contribution in [0.25, 0.3) is 0 Å². The van der Waals surface area contributed by atoms with E-state index < -0.39 is 0 Å². The molecule has 0 heterocycles. The van der Waals surface area contributed by atoms with E-state index in [-0.39, 0.29) is 24.6 Å². The fraction of sp³-hybridized carbons (Fsp3) is 0.500. The van der Waals surface area contributed by atoms with Gasteiger partial charge >= 0.3 is 5.97 Å². The Kier molecular flexibility index (Phi) is 6.26. The number of esters is 1. The van der Waals surface area contributed by atoms with Crippen LogP contribution in [0.15, 0.2) is 18.2 Å². The molecule has 1 aromatic carbocycles. The van der Waals surface area contributed by atoms with Crippen LogP contribution in [0.5, 0.6) is 0 Å². The fourth-order valence-electron chi connectivity index (χ4n) is 2.00. The molecule has 0 saturated heterocycles. The highest BCUT2D eigenvalue weighted by atomic mass is 16.5. The normalized spacial score (nSPS) is 10.3. The summed E-state index contributed by atoms with van der Waals surface area (Å²) in [4.78, 5) is 23.6. The van der Waals surface area contributed by atoms with Crippen LogP contribution in [0.2, 0.25) is 0 Å². The molecule has 0 N–H and O–H groups in total. The Labute approximate surface area is 115 Å². The van der Waals surface area contributed by atoms with Gasteiger partial charge in [0, 0.05) is 12.0 Å². The lowest BCUT2D eigenvalue weighted by atomic mass is 9.97. The molecule has 0 saturated carbocycles. The number of rotatable bonds is 7. The minimum absolute atomic E-state index is 0.0167. The lowest BCUT2D eigenvalue weighted by Crippen LogP contribution is -2.10. The molecule has 0 aliphatic heterocycles. The Morgan fingerprint density at radius 3 is 2.32 bits per heavy atom. The number of carbonyl (C=O) groups excluding carboxylic acids is 2. The van der Waals surface area contributed by atoms with E-state index in [1.807, 2.05) is 39.0 Å². The Morgan fingerprint density at radius 2 is 1.74 bits per heavy atom. The van der Waals surface area contributed by atoms with Crippen LogP contribution in [0.4, 0.5) is 0 Å². The maximum absolute atomic E-state index is 12.1. The molecule has 0 atom stereocenters. The van der Waals surface area contributed by atoms with E-state index in [1.54, 1.807) is 0 Å². The van der Waals surface area contributed by atoms with Gasteiger partial charge in [-0.15, -0.1) is 0 Å². The van der Waals surface area contributed by atoms with Gasteiger partial charge in [0.05, 0.1) is 13.0 Å². The number of hydrogen-bond acceptors (Lipinski definition) is 3. The van der Waals surface area contributed by atoms with Crippen LogP contribution < -0.4 is 0 Å². The van der Waals surface area contributed by atoms with Crippen molar-refractivity contribution in [3.05, 3.63) is 34.9 Å². The van der Waals surface area contributed by atoms with E-state index in [4.69, 9.17) is 4.74 Å². The summed E-state index contributed by atoms with van der Waals surface area (Å²) in [6.45, 7) is 6.32. The molecule has 0 radical (unpaired) electrons. The number of unbranched alkanes of at least 4 members (excludes halogenated alkanes) is 1. The average Bonchev–Trinajstić information content (AvgIpc) is 2.36. The number of ketones is 1. The number of aryl methyl sites for hydroxylation is 2. The van der Waals surface area contributed by atoms with E-state index in [2.05, 4.69) is 0 Å². The maximum Gasteiger partial charge on any atom is 0.306 e. The SMILES string of the molecule is CCCCOC(=O)CCC(=O)c1c(C)cccc1C. The Balaban J connectivity index is 2.49. The zero-order valence-electron chi connectivity index (χ0n) is 12.0. The quantitative estimate of drug-likeness (QED) is 0.428. The van der Waals surface area contributed by atoms with Gasteiger partial charge in [-0.25, -0.2) is 0 Å². The smallest absolute Gasteiger partial charge is 0.306 e. The van der Waals surface area contributed by atoms with Gasteiger partial charge in [0.25, 0.3) is 0 Å². The van der Waals surface area contributed by atoms with E-state index in [9.17, 15) is 9.59 Å². The summed E-state index contributed by atoms with van der Waals surface area (Å²) in [5, 5.41) is 0. The molecule has 0 spiro atoms. The lowest BCUT2D eigenvalue weighted by Gasteiger charge is -2.08. The average molecular weight is 262 g/mol. The van der Waals surface area contributed by atoms with Gasteiger partial charge in [-0.2, -0.15) is 0 Å². The minimum Gasteiger partial charge on any atom is -0.466 e. The zero-order valence-corrected chi connectivity index (χ0v) is 12.0. The van der Waals surface area contributed by atoms with Crippen molar-refractivity contribution >= 4 is 11.8 Å². The van der Waals surface area contributed by atoms with Crippen molar-refractivity contribution in [3.8, 4) is 0 Å². The highest BCUT2D eigenvalue weighted by Crippen LogP contribution is 2.16. The Hall–Kier alpha value is -1.64. The third-order valence-corrected chi connectivity index (χ3v) is 3.08. The van der Waals surface area contributed by atoms with Crippen molar-refractivity contribution in [1.82, 2.24) is 0 Å². The second-order valence-electron chi connectivity index (χ2n) is 4.76. The van der Waals surface area contributed by atoms with E-state index in [0.717, 1.165) is 29.5 Å². The largest absolute Gasteiger partial charge is 0.466 e. The molecule has 0 amide bonds. The standard InChI is InChI=1S/C16H22O3/c1-4-5-11-19-15(18)10-9-14(17)16-12(2)7-6-8-13(16)3/h6-8H,4-5,9-11H2,1-3H3. The van der Waals surface area contributed by atoms with Crippen molar-refractivity contribution in [2.45, 2.75) is 46.5 Å². The van der Waals surface area contributed by atoms with Crippen molar-refractivity contribution in [2.24, 2.45) is 0 Å². The minimum atomic E-state index is -0.284. The summed E-state index contributed by atoms with van der Waals surface area (Å²) >= 11 is 0. The van der Waals surface area contributed by atoms with Gasteiger partial charge in [-0.05, 0) is 31.4 Å². The van der Waals surface area contributed by atoms with Crippen molar-refractivity contribution in [1.29, 1.82) is 0 Å². The number of hydrogen-bond donors (Lipinski definition) is 0. The molecule has 3 nitrogen and oxygen atoms in total. The number of Topliss-reactive ketones (excluding diaryl/α,β-unsaturated/α-hetero) is 1. The van der Waals surface area contributed by atoms with Gasteiger partial charge in [0.1, 0.15) is 0 Å². The molecular formula is C16H22O3. The highest BCUT2D eigenvalue weighted by Gasteiger charge is 2.14. The van der Waals surface area contributed by atoms with Crippen LogP contribution in [0.1, 0.15) is 54.1 Å². The molecule has 0 unspecified atom stereocenters. The van der Waals surface area contributed by atoms with Crippen LogP contribution in [-0.2, 0) is 9.53 Å². The molecule has 19 heavy (non-hydrogen) atoms. The third-order valence-electron chi connectivity index (χ3n) is 3.08. The molecule has 1 aromatic rings. The van der Waals surface area contributed by atoms with E-state index in [1.165, 1.54) is 0 Å². The molecule has 0 fully saturated rings. The first-order valence-corrected chi connectivity index (χ1v) is 6.81. The first-order chi connectivity index (χ1) is 9.06. The molecule has 0 aliphatic carbocycles. The Bertz CT molecular complexity index is 429. The van der Waals surface area contributed by atoms with Crippen molar-refractivity contribution < 1.29 is 14.3 Å². The number of benzene rings is 1. The van der Waals surface area contributed by atoms with Crippen molar-refractivity contribution in [2.75, 3.05) is 6.61 Å². The summed E-state index contributed by atoms with van der Waals surface area (Å²) in [5.74, 6) is -0.268. The number of carbonyl (C=O) groups is 2. The third kappa shape index (κ3) is 4.86. The summed E-state index contributed by atoms with van der Waals surface area (Å²) in [7, 11) is 0. The number of ether oxygens (including phenoxy) is 1. The van der Waals surface area contributed by atoms with Gasteiger partial charge in [0.15, 0.2) is 5.78 Å². The molecule has 0 aliphatic rings. The van der Waals surface area contributed by atoms with Gasteiger partial charge in [-0.1, -0.05) is 31.5 Å². The zero-order chi connectivity index (χ0) is 14.3. The topological polar surface area (TPSA) is 43.4 Å². The van der Waals surface area contributed by atoms with Crippen LogP contribution >= 0.6 is 0 Å². The molecule has 3 heteroatoms. The summed E-state index contributed by atoms with van der Waals surface area (Å²) in [5.41, 5.74) is 2.66. The predicted molar refractivity (Wildman–Crippen MR) is 75.3 cm³/mol. The summed E-state index contributed by atoms with van der Waals surface area (Å²) in [6.07, 6.45) is 2.25. The van der Waals surface area contributed by atoms with Gasteiger partial charge in [-0.3, -0.25) is 9.59 Å². The van der Waals surface area contributed by atoms with Crippen molar-refractivity contribution in [3.63, 3.8) is 0 Å². The van der Waals surface area contributed by atoms with E-state index in [0.29, 0.717) is 6.61 Å². The lowest BCUT2D eigenvalue weighted by molar-refractivity contribution is -0.143. The van der Waals surface area contributed by atoms with Gasteiger partial charge < -0.3 is 4.74 Å². The van der Waals surface area contributed by atoms with Gasteiger partial charge in [0.2, 0.25) is 0 Å². The second kappa shape index (κ2) is 7.72. The summed E-state index contributed by atoms with van der Waals surface area (Å²) in [6, 6.07) is 5.76. The maximum atomic E-state index is 12.1. The first kappa shape index (κ1) is 15.4. The molecule has 0 aromatic heterocycles. The predicted octanol–water partition coefficient (Wildman–Crippen LogP) is 3.61. The molecule has 0 bridgehead atoms. The molecule has 1 rings (SSSR count). The molecule has 104 valence electrons. The first-order valence-electron chi connectivity index (χ1n) is 6.81. The van der Waals surface area contributed by atoms with Crippen LogP contribution in [-0.4, -0.2) is 18.4 Å². The highest BCUT2D eigenvalue weighted by molar-refractivity contribution is 6.00. The fourth-order valence-corrected chi connectivity index (χ4v) is 2.00.